The summed E-state index contributed by atoms with van der Waals surface area (Å²) in [5.74, 6) is 1.14. The molecule has 2 saturated heterocycles. The number of carbonyl (C=O) groups is 1. The molecular formula is C17H20N4O3. The maximum absolute atomic E-state index is 12.5. The number of anilines is 1. The molecule has 0 N–H and O–H groups in total. The second-order valence-corrected chi connectivity index (χ2v) is 6.22. The Kier molecular flexibility index (Phi) is 4.17. The van der Waals surface area contributed by atoms with E-state index in [2.05, 4.69) is 14.9 Å². The molecular weight excluding hydrogens is 308 g/mol. The first-order valence-electron chi connectivity index (χ1n) is 8.26. The number of amides is 1. The molecule has 1 amide bonds. The average molecular weight is 328 g/mol. The van der Waals surface area contributed by atoms with Gasteiger partial charge in [0.05, 0.1) is 24.5 Å². The topological polar surface area (TPSA) is 71.7 Å². The van der Waals surface area contributed by atoms with Crippen LogP contribution in [0.25, 0.3) is 0 Å². The van der Waals surface area contributed by atoms with Gasteiger partial charge in [-0.05, 0) is 18.6 Å². The second-order valence-electron chi connectivity index (χ2n) is 6.22. The average Bonchev–Trinajstić information content (AvgIpc) is 3.08. The molecule has 7 nitrogen and oxygen atoms in total. The molecule has 7 heteroatoms. The molecule has 2 atom stereocenters. The summed E-state index contributed by atoms with van der Waals surface area (Å²) in [6, 6.07) is 3.53. The van der Waals surface area contributed by atoms with E-state index in [-0.39, 0.29) is 12.0 Å². The molecule has 0 spiro atoms. The standard InChI is InChI=1S/C17H20N4O3/c22-16(14-3-8-23-12-14)20-6-2-13-10-21(7-9-24-15(13)11-20)17-18-4-1-5-19-17/h1,3-5,8,12-13,15H,2,6-7,9-11H2/t13-,15+/m1/s1. The van der Waals surface area contributed by atoms with Crippen LogP contribution < -0.4 is 4.90 Å². The number of carbonyl (C=O) groups excluding carboxylic acids is 1. The van der Waals surface area contributed by atoms with E-state index in [1.54, 1.807) is 18.5 Å². The fraction of sp³-hybridized carbons (Fsp3) is 0.471. The van der Waals surface area contributed by atoms with Gasteiger partial charge in [0.1, 0.15) is 6.26 Å². The van der Waals surface area contributed by atoms with Crippen molar-refractivity contribution in [2.75, 3.05) is 37.7 Å². The quantitative estimate of drug-likeness (QED) is 0.831. The minimum absolute atomic E-state index is 0.0123. The zero-order valence-corrected chi connectivity index (χ0v) is 13.4. The summed E-state index contributed by atoms with van der Waals surface area (Å²) in [4.78, 5) is 25.2. The van der Waals surface area contributed by atoms with Crippen molar-refractivity contribution in [2.45, 2.75) is 12.5 Å². The van der Waals surface area contributed by atoms with Gasteiger partial charge in [0.2, 0.25) is 5.95 Å². The molecule has 2 fully saturated rings. The van der Waals surface area contributed by atoms with Crippen molar-refractivity contribution >= 4 is 11.9 Å². The van der Waals surface area contributed by atoms with Crippen LogP contribution >= 0.6 is 0 Å². The Balaban J connectivity index is 1.44. The first kappa shape index (κ1) is 15.1. The third-order valence-electron chi connectivity index (χ3n) is 4.73. The van der Waals surface area contributed by atoms with Crippen molar-refractivity contribution in [1.29, 1.82) is 0 Å². The normalized spacial score (nSPS) is 24.3. The zero-order valence-electron chi connectivity index (χ0n) is 13.4. The Morgan fingerprint density at radius 1 is 1.21 bits per heavy atom. The molecule has 0 unspecified atom stereocenters. The fourth-order valence-electron chi connectivity index (χ4n) is 3.44. The van der Waals surface area contributed by atoms with Gasteiger partial charge in [0.25, 0.3) is 5.91 Å². The highest BCUT2D eigenvalue weighted by molar-refractivity contribution is 5.93. The minimum atomic E-state index is 0.0123. The summed E-state index contributed by atoms with van der Waals surface area (Å²) in [5, 5.41) is 0. The second kappa shape index (κ2) is 6.60. The summed E-state index contributed by atoms with van der Waals surface area (Å²) < 4.78 is 11.1. The molecule has 4 heterocycles. The zero-order chi connectivity index (χ0) is 16.4. The molecule has 0 bridgehead atoms. The van der Waals surface area contributed by atoms with Crippen molar-refractivity contribution in [3.05, 3.63) is 42.6 Å². The van der Waals surface area contributed by atoms with Crippen molar-refractivity contribution in [3.63, 3.8) is 0 Å². The van der Waals surface area contributed by atoms with Crippen LogP contribution in [0.15, 0.2) is 41.5 Å². The van der Waals surface area contributed by atoms with Crippen molar-refractivity contribution in [3.8, 4) is 0 Å². The van der Waals surface area contributed by atoms with Gasteiger partial charge in [0.15, 0.2) is 0 Å². The molecule has 24 heavy (non-hydrogen) atoms. The molecule has 2 aliphatic rings. The van der Waals surface area contributed by atoms with Gasteiger partial charge >= 0.3 is 0 Å². The summed E-state index contributed by atoms with van der Waals surface area (Å²) >= 11 is 0. The van der Waals surface area contributed by atoms with E-state index in [9.17, 15) is 4.79 Å². The predicted octanol–water partition coefficient (Wildman–Crippen LogP) is 1.44. The van der Waals surface area contributed by atoms with Crippen LogP contribution in [0.3, 0.4) is 0 Å². The number of rotatable bonds is 2. The summed E-state index contributed by atoms with van der Waals surface area (Å²) in [5.41, 5.74) is 0.599. The van der Waals surface area contributed by atoms with Gasteiger partial charge in [-0.2, -0.15) is 0 Å². The molecule has 0 saturated carbocycles. The van der Waals surface area contributed by atoms with E-state index in [0.29, 0.717) is 24.6 Å². The Morgan fingerprint density at radius 2 is 2.08 bits per heavy atom. The number of furan rings is 1. The van der Waals surface area contributed by atoms with Crippen molar-refractivity contribution in [2.24, 2.45) is 5.92 Å². The van der Waals surface area contributed by atoms with Crippen LogP contribution in [0.2, 0.25) is 0 Å². The first-order chi connectivity index (χ1) is 11.8. The highest BCUT2D eigenvalue weighted by atomic mass is 16.5. The Labute approximate surface area is 140 Å². The lowest BCUT2D eigenvalue weighted by molar-refractivity contribution is -0.0169. The molecule has 0 radical (unpaired) electrons. The van der Waals surface area contributed by atoms with E-state index < -0.39 is 0 Å². The van der Waals surface area contributed by atoms with E-state index in [1.165, 1.54) is 12.5 Å². The van der Waals surface area contributed by atoms with E-state index in [0.717, 1.165) is 32.0 Å². The maximum Gasteiger partial charge on any atom is 0.257 e. The van der Waals surface area contributed by atoms with Gasteiger partial charge in [0, 0.05) is 44.5 Å². The highest BCUT2D eigenvalue weighted by Gasteiger charge is 2.35. The Morgan fingerprint density at radius 3 is 2.88 bits per heavy atom. The number of piperidine rings is 1. The van der Waals surface area contributed by atoms with Crippen LogP contribution in [0.1, 0.15) is 16.8 Å². The summed E-state index contributed by atoms with van der Waals surface area (Å²) in [6.45, 7) is 3.61. The van der Waals surface area contributed by atoms with Crippen LogP contribution in [-0.2, 0) is 4.74 Å². The molecule has 4 rings (SSSR count). The fourth-order valence-corrected chi connectivity index (χ4v) is 3.44. The molecule has 2 aromatic heterocycles. The lowest BCUT2D eigenvalue weighted by Gasteiger charge is -2.37. The van der Waals surface area contributed by atoms with Gasteiger partial charge in [-0.3, -0.25) is 4.79 Å². The van der Waals surface area contributed by atoms with Gasteiger partial charge < -0.3 is 19.0 Å². The van der Waals surface area contributed by atoms with E-state index >= 15 is 0 Å². The predicted molar refractivity (Wildman–Crippen MR) is 86.7 cm³/mol. The number of fused-ring (bicyclic) bond motifs is 1. The molecule has 0 aromatic carbocycles. The van der Waals surface area contributed by atoms with Crippen LogP contribution in [0, 0.1) is 5.92 Å². The van der Waals surface area contributed by atoms with Crippen LogP contribution in [-0.4, -0.2) is 59.7 Å². The number of hydrogen-bond donors (Lipinski definition) is 0. The molecule has 0 aliphatic carbocycles. The molecule has 2 aliphatic heterocycles. The monoisotopic (exact) mass is 328 g/mol. The van der Waals surface area contributed by atoms with Gasteiger partial charge in [-0.1, -0.05) is 0 Å². The van der Waals surface area contributed by atoms with Crippen LogP contribution in [0.5, 0.6) is 0 Å². The smallest absolute Gasteiger partial charge is 0.257 e. The number of ether oxygens (including phenoxy) is 1. The van der Waals surface area contributed by atoms with Crippen molar-refractivity contribution < 1.29 is 13.9 Å². The largest absolute Gasteiger partial charge is 0.472 e. The number of nitrogens with zero attached hydrogens (tertiary/aromatic N) is 4. The Bertz CT molecular complexity index is 676. The summed E-state index contributed by atoms with van der Waals surface area (Å²) in [6.07, 6.45) is 7.52. The first-order valence-corrected chi connectivity index (χ1v) is 8.26. The Hall–Kier alpha value is -2.41. The third-order valence-corrected chi connectivity index (χ3v) is 4.73. The minimum Gasteiger partial charge on any atom is -0.472 e. The number of hydrogen-bond acceptors (Lipinski definition) is 6. The third kappa shape index (κ3) is 2.99. The van der Waals surface area contributed by atoms with E-state index in [4.69, 9.17) is 9.15 Å². The highest BCUT2D eigenvalue weighted by Crippen LogP contribution is 2.26. The summed E-state index contributed by atoms with van der Waals surface area (Å²) in [7, 11) is 0. The van der Waals surface area contributed by atoms with Gasteiger partial charge in [-0.25, -0.2) is 9.97 Å². The number of likely N-dealkylation sites (tertiary alicyclic amines) is 1. The maximum atomic E-state index is 12.5. The lowest BCUT2D eigenvalue weighted by atomic mass is 9.93. The van der Waals surface area contributed by atoms with Gasteiger partial charge in [-0.15, -0.1) is 0 Å². The lowest BCUT2D eigenvalue weighted by Crippen LogP contribution is -2.49. The van der Waals surface area contributed by atoms with Crippen molar-refractivity contribution in [1.82, 2.24) is 14.9 Å². The SMILES string of the molecule is O=C(c1ccoc1)N1CC[C@@H]2CN(c3ncccn3)CCO[C@H]2C1. The van der Waals surface area contributed by atoms with E-state index in [1.807, 2.05) is 11.0 Å². The number of aromatic nitrogens is 2. The van der Waals surface area contributed by atoms with Crippen LogP contribution in [0.4, 0.5) is 5.95 Å². The molecule has 2 aromatic rings. The molecule has 126 valence electrons.